The highest BCUT2D eigenvalue weighted by atomic mass is 16.5. The fraction of sp³-hybridized carbons (Fsp3) is 0.524. The van der Waals surface area contributed by atoms with Gasteiger partial charge in [0, 0.05) is 44.6 Å². The van der Waals surface area contributed by atoms with E-state index in [9.17, 15) is 5.11 Å². The van der Waals surface area contributed by atoms with Crippen LogP contribution in [0.1, 0.15) is 24.1 Å². The Morgan fingerprint density at radius 2 is 2.07 bits per heavy atom. The summed E-state index contributed by atoms with van der Waals surface area (Å²) in [7, 11) is 1.63. The molecular weight excluding hydrogens is 356 g/mol. The molecule has 3 rings (SSSR count). The molecule has 0 saturated carbocycles. The van der Waals surface area contributed by atoms with E-state index in [1.54, 1.807) is 25.7 Å². The van der Waals surface area contributed by atoms with Crippen molar-refractivity contribution >= 4 is 0 Å². The van der Waals surface area contributed by atoms with Crippen LogP contribution in [0, 0.1) is 0 Å². The van der Waals surface area contributed by atoms with Crippen LogP contribution in [0.15, 0.2) is 36.8 Å². The summed E-state index contributed by atoms with van der Waals surface area (Å²) in [5.74, 6) is 1.34. The SMILES string of the molecule is COc1ccc(CNCCc2cnccn2)cc1OCC(O)CN1CCCC1. The van der Waals surface area contributed by atoms with Crippen molar-refractivity contribution in [3.8, 4) is 11.5 Å². The Balaban J connectivity index is 1.46. The molecule has 7 heteroatoms. The number of β-amino-alcohol motifs (C(OH)–C–C–N with tert-alkyl or cyclic N) is 1. The van der Waals surface area contributed by atoms with Gasteiger partial charge in [-0.1, -0.05) is 6.07 Å². The number of aliphatic hydroxyl groups excluding tert-OH is 1. The molecule has 28 heavy (non-hydrogen) atoms. The number of ether oxygens (including phenoxy) is 2. The van der Waals surface area contributed by atoms with E-state index in [4.69, 9.17) is 9.47 Å². The molecule has 7 nitrogen and oxygen atoms in total. The van der Waals surface area contributed by atoms with Gasteiger partial charge in [-0.25, -0.2) is 0 Å². The number of hydrogen-bond donors (Lipinski definition) is 2. The highest BCUT2D eigenvalue weighted by Crippen LogP contribution is 2.28. The van der Waals surface area contributed by atoms with Gasteiger partial charge >= 0.3 is 0 Å². The van der Waals surface area contributed by atoms with E-state index in [0.717, 1.165) is 43.9 Å². The Morgan fingerprint density at radius 3 is 2.82 bits per heavy atom. The van der Waals surface area contributed by atoms with Crippen LogP contribution in [-0.2, 0) is 13.0 Å². The van der Waals surface area contributed by atoms with Gasteiger partial charge in [0.2, 0.25) is 0 Å². The fourth-order valence-corrected chi connectivity index (χ4v) is 3.35. The summed E-state index contributed by atoms with van der Waals surface area (Å²) < 4.78 is 11.3. The maximum Gasteiger partial charge on any atom is 0.161 e. The summed E-state index contributed by atoms with van der Waals surface area (Å²) in [4.78, 5) is 10.6. The fourth-order valence-electron chi connectivity index (χ4n) is 3.35. The van der Waals surface area contributed by atoms with Gasteiger partial charge in [0.05, 0.1) is 12.8 Å². The number of nitrogens with zero attached hydrogens (tertiary/aromatic N) is 3. The molecule has 2 aromatic rings. The van der Waals surface area contributed by atoms with E-state index in [2.05, 4.69) is 20.2 Å². The summed E-state index contributed by atoms with van der Waals surface area (Å²) in [5.41, 5.74) is 2.07. The first-order valence-electron chi connectivity index (χ1n) is 9.90. The van der Waals surface area contributed by atoms with E-state index in [0.29, 0.717) is 18.0 Å². The Morgan fingerprint density at radius 1 is 1.21 bits per heavy atom. The van der Waals surface area contributed by atoms with Gasteiger partial charge in [0.25, 0.3) is 0 Å². The molecule has 0 bridgehead atoms. The normalized spacial score (nSPS) is 15.5. The number of hydrogen-bond acceptors (Lipinski definition) is 7. The average molecular weight is 386 g/mol. The lowest BCUT2D eigenvalue weighted by Crippen LogP contribution is -2.33. The summed E-state index contributed by atoms with van der Waals surface area (Å²) in [6, 6.07) is 5.89. The molecule has 1 aliphatic rings. The van der Waals surface area contributed by atoms with Crippen molar-refractivity contribution in [2.45, 2.75) is 31.9 Å². The molecule has 1 aromatic carbocycles. The molecule has 1 atom stereocenters. The van der Waals surface area contributed by atoms with E-state index in [-0.39, 0.29) is 6.61 Å². The second-order valence-corrected chi connectivity index (χ2v) is 7.08. The molecule has 1 aliphatic heterocycles. The van der Waals surface area contributed by atoms with Crippen molar-refractivity contribution < 1.29 is 14.6 Å². The second kappa shape index (κ2) is 10.9. The molecule has 1 aromatic heterocycles. The third-order valence-corrected chi connectivity index (χ3v) is 4.83. The van der Waals surface area contributed by atoms with Gasteiger partial charge in [-0.3, -0.25) is 9.97 Å². The number of likely N-dealkylation sites (tertiary alicyclic amines) is 1. The molecule has 2 heterocycles. The Hall–Kier alpha value is -2.22. The maximum absolute atomic E-state index is 10.3. The first-order valence-corrected chi connectivity index (χ1v) is 9.90. The minimum Gasteiger partial charge on any atom is -0.493 e. The van der Waals surface area contributed by atoms with Gasteiger partial charge in [-0.2, -0.15) is 0 Å². The largest absolute Gasteiger partial charge is 0.493 e. The predicted molar refractivity (Wildman–Crippen MR) is 108 cm³/mol. The Bertz CT molecular complexity index is 708. The summed E-state index contributed by atoms with van der Waals surface area (Å²) in [5, 5.41) is 13.7. The molecule has 2 N–H and O–H groups in total. The van der Waals surface area contributed by atoms with E-state index in [1.165, 1.54) is 12.8 Å². The highest BCUT2D eigenvalue weighted by molar-refractivity contribution is 5.43. The van der Waals surface area contributed by atoms with Gasteiger partial charge < -0.3 is 24.8 Å². The quantitative estimate of drug-likeness (QED) is 0.569. The van der Waals surface area contributed by atoms with Crippen LogP contribution in [0.2, 0.25) is 0 Å². The maximum atomic E-state index is 10.3. The summed E-state index contributed by atoms with van der Waals surface area (Å²) in [6.07, 6.45) is 7.93. The third-order valence-electron chi connectivity index (χ3n) is 4.83. The van der Waals surface area contributed by atoms with Crippen LogP contribution in [0.25, 0.3) is 0 Å². The smallest absolute Gasteiger partial charge is 0.161 e. The molecule has 0 spiro atoms. The second-order valence-electron chi connectivity index (χ2n) is 7.08. The molecule has 0 radical (unpaired) electrons. The van der Waals surface area contributed by atoms with Crippen molar-refractivity contribution in [2.75, 3.05) is 39.9 Å². The minimum atomic E-state index is -0.503. The monoisotopic (exact) mass is 386 g/mol. The van der Waals surface area contributed by atoms with Gasteiger partial charge in [-0.05, 0) is 43.6 Å². The first kappa shape index (κ1) is 20.5. The molecule has 0 aliphatic carbocycles. The molecule has 1 saturated heterocycles. The molecule has 1 fully saturated rings. The number of nitrogens with one attached hydrogen (secondary N) is 1. The lowest BCUT2D eigenvalue weighted by molar-refractivity contribution is 0.0746. The van der Waals surface area contributed by atoms with E-state index >= 15 is 0 Å². The van der Waals surface area contributed by atoms with Crippen LogP contribution in [-0.4, -0.2) is 66.0 Å². The summed E-state index contributed by atoms with van der Waals surface area (Å²) in [6.45, 7) is 4.58. The zero-order valence-electron chi connectivity index (χ0n) is 16.5. The molecule has 1 unspecified atom stereocenters. The van der Waals surface area contributed by atoms with Crippen molar-refractivity contribution in [1.29, 1.82) is 0 Å². The number of benzene rings is 1. The van der Waals surface area contributed by atoms with Crippen LogP contribution >= 0.6 is 0 Å². The highest BCUT2D eigenvalue weighted by Gasteiger charge is 2.17. The molecule has 0 amide bonds. The van der Waals surface area contributed by atoms with E-state index in [1.807, 2.05) is 18.2 Å². The first-order chi connectivity index (χ1) is 13.7. The van der Waals surface area contributed by atoms with Gasteiger partial charge in [0.1, 0.15) is 12.7 Å². The Kier molecular flexibility index (Phi) is 8.02. The topological polar surface area (TPSA) is 79.7 Å². The van der Waals surface area contributed by atoms with Gasteiger partial charge in [-0.15, -0.1) is 0 Å². The van der Waals surface area contributed by atoms with Gasteiger partial charge in [0.15, 0.2) is 11.5 Å². The summed E-state index contributed by atoms with van der Waals surface area (Å²) >= 11 is 0. The zero-order chi connectivity index (χ0) is 19.6. The van der Waals surface area contributed by atoms with Crippen LogP contribution < -0.4 is 14.8 Å². The van der Waals surface area contributed by atoms with Crippen molar-refractivity contribution in [1.82, 2.24) is 20.2 Å². The van der Waals surface area contributed by atoms with E-state index < -0.39 is 6.10 Å². The van der Waals surface area contributed by atoms with Crippen LogP contribution in [0.5, 0.6) is 11.5 Å². The number of aliphatic hydroxyl groups is 1. The van der Waals surface area contributed by atoms with Crippen LogP contribution in [0.3, 0.4) is 0 Å². The molecule has 152 valence electrons. The standard InChI is InChI=1S/C21H30N4O3/c1-27-20-5-4-17(13-22-7-6-18-14-23-8-9-24-18)12-21(20)28-16-19(26)15-25-10-2-3-11-25/h4-5,8-9,12,14,19,22,26H,2-3,6-7,10-11,13,15-16H2,1H3. The number of rotatable bonds is 11. The zero-order valence-corrected chi connectivity index (χ0v) is 16.5. The number of methoxy groups -OCH3 is 1. The minimum absolute atomic E-state index is 0.260. The lowest BCUT2D eigenvalue weighted by atomic mass is 10.2. The lowest BCUT2D eigenvalue weighted by Gasteiger charge is -2.20. The van der Waals surface area contributed by atoms with Crippen molar-refractivity contribution in [3.05, 3.63) is 48.0 Å². The number of aromatic nitrogens is 2. The van der Waals surface area contributed by atoms with Crippen molar-refractivity contribution in [3.63, 3.8) is 0 Å². The predicted octanol–water partition coefficient (Wildman–Crippen LogP) is 1.65. The Labute approximate surface area is 166 Å². The third kappa shape index (κ3) is 6.44. The average Bonchev–Trinajstić information content (AvgIpc) is 3.23. The van der Waals surface area contributed by atoms with Crippen molar-refractivity contribution in [2.24, 2.45) is 0 Å². The molecular formula is C21H30N4O3. The van der Waals surface area contributed by atoms with Crippen LogP contribution in [0.4, 0.5) is 0 Å².